The summed E-state index contributed by atoms with van der Waals surface area (Å²) in [6.07, 6.45) is 7.52. The first-order valence-electron chi connectivity index (χ1n) is 11.5. The molecule has 1 spiro atoms. The van der Waals surface area contributed by atoms with Gasteiger partial charge in [-0.25, -0.2) is 9.67 Å². The minimum Gasteiger partial charge on any atom is -0.355 e. The molecule has 10 nitrogen and oxygen atoms in total. The zero-order valence-corrected chi connectivity index (χ0v) is 20.0. The molecule has 178 valence electrons. The molecule has 1 saturated heterocycles. The molecule has 0 unspecified atom stereocenters. The molecule has 1 saturated carbocycles. The number of tetrazole rings is 1. The van der Waals surface area contributed by atoms with Gasteiger partial charge < -0.3 is 10.2 Å². The monoisotopic (exact) mass is 489 g/mol. The standard InChI is InChI=1S/C24H24ClN9O/c1-16-17(2-5-22(29-16)32-13-24(14-32)6-7-24)11-33-12-19(10-28-33)23(35)26-9-18-8-20(25)3-4-21(18)34-15-27-30-31-34/h2-5,8,10,12,15H,6-7,9,11,13-14H2,1H3,(H,26,35). The van der Waals surface area contributed by atoms with Crippen molar-refractivity contribution < 1.29 is 4.79 Å². The van der Waals surface area contributed by atoms with Crippen molar-refractivity contribution in [1.29, 1.82) is 0 Å². The summed E-state index contributed by atoms with van der Waals surface area (Å²) in [5.74, 6) is 0.822. The second kappa shape index (κ2) is 8.46. The molecule has 6 rings (SSSR count). The van der Waals surface area contributed by atoms with Crippen LogP contribution in [0.3, 0.4) is 0 Å². The van der Waals surface area contributed by atoms with Gasteiger partial charge in [0.05, 0.1) is 24.0 Å². The summed E-state index contributed by atoms with van der Waals surface area (Å²) >= 11 is 6.16. The number of rotatable bonds is 7. The van der Waals surface area contributed by atoms with E-state index in [4.69, 9.17) is 16.6 Å². The lowest BCUT2D eigenvalue weighted by atomic mass is 9.97. The molecule has 35 heavy (non-hydrogen) atoms. The maximum absolute atomic E-state index is 12.8. The third kappa shape index (κ3) is 4.37. The van der Waals surface area contributed by atoms with Crippen molar-refractivity contribution in [3.8, 4) is 5.69 Å². The van der Waals surface area contributed by atoms with E-state index < -0.39 is 0 Å². The van der Waals surface area contributed by atoms with Crippen molar-refractivity contribution in [1.82, 2.24) is 40.3 Å². The highest BCUT2D eigenvalue weighted by atomic mass is 35.5. The molecule has 1 N–H and O–H groups in total. The number of benzene rings is 1. The number of nitrogens with one attached hydrogen (secondary N) is 1. The van der Waals surface area contributed by atoms with Gasteiger partial charge in [-0.15, -0.1) is 5.10 Å². The van der Waals surface area contributed by atoms with Gasteiger partial charge in [-0.05, 0) is 65.6 Å². The molecule has 1 amide bonds. The Morgan fingerprint density at radius 1 is 1.17 bits per heavy atom. The summed E-state index contributed by atoms with van der Waals surface area (Å²) in [4.78, 5) is 19.9. The third-order valence-corrected chi connectivity index (χ3v) is 7.05. The third-order valence-electron chi connectivity index (χ3n) is 6.82. The van der Waals surface area contributed by atoms with E-state index in [1.165, 1.54) is 23.9 Å². The Labute approximate surface area is 206 Å². The Hall–Kier alpha value is -3.79. The molecule has 3 aromatic heterocycles. The van der Waals surface area contributed by atoms with E-state index >= 15 is 0 Å². The van der Waals surface area contributed by atoms with Crippen LogP contribution in [0, 0.1) is 12.3 Å². The fourth-order valence-electron chi connectivity index (χ4n) is 4.55. The van der Waals surface area contributed by atoms with E-state index in [0.717, 1.165) is 41.4 Å². The first kappa shape index (κ1) is 21.7. The summed E-state index contributed by atoms with van der Waals surface area (Å²) in [5, 5.41) is 19.1. The molecule has 4 heterocycles. The highest BCUT2D eigenvalue weighted by molar-refractivity contribution is 6.30. The lowest BCUT2D eigenvalue weighted by Crippen LogP contribution is -2.48. The average molecular weight is 490 g/mol. The lowest BCUT2D eigenvalue weighted by Gasteiger charge is -2.41. The van der Waals surface area contributed by atoms with E-state index in [2.05, 4.69) is 43.0 Å². The van der Waals surface area contributed by atoms with Crippen molar-refractivity contribution in [3.05, 3.63) is 76.5 Å². The van der Waals surface area contributed by atoms with Gasteiger partial charge in [-0.1, -0.05) is 17.7 Å². The Morgan fingerprint density at radius 3 is 2.77 bits per heavy atom. The van der Waals surface area contributed by atoms with Gasteiger partial charge >= 0.3 is 0 Å². The van der Waals surface area contributed by atoms with Gasteiger partial charge in [0.15, 0.2) is 0 Å². The smallest absolute Gasteiger partial charge is 0.254 e. The van der Waals surface area contributed by atoms with Crippen molar-refractivity contribution >= 4 is 23.3 Å². The molecular weight excluding hydrogens is 466 g/mol. The summed E-state index contributed by atoms with van der Waals surface area (Å²) in [5.41, 5.74) is 4.68. The highest BCUT2D eigenvalue weighted by Gasteiger charge is 2.52. The highest BCUT2D eigenvalue weighted by Crippen LogP contribution is 2.53. The Morgan fingerprint density at radius 2 is 2.03 bits per heavy atom. The van der Waals surface area contributed by atoms with Crippen LogP contribution in [-0.2, 0) is 13.1 Å². The van der Waals surface area contributed by atoms with Crippen LogP contribution in [-0.4, -0.2) is 54.0 Å². The molecule has 0 atom stereocenters. The minimum absolute atomic E-state index is 0.226. The lowest BCUT2D eigenvalue weighted by molar-refractivity contribution is 0.0951. The molecule has 0 bridgehead atoms. The van der Waals surface area contributed by atoms with Crippen LogP contribution in [0.15, 0.2) is 49.1 Å². The largest absolute Gasteiger partial charge is 0.355 e. The minimum atomic E-state index is -0.226. The fraction of sp³-hybridized carbons (Fsp3) is 0.333. The second-order valence-corrected chi connectivity index (χ2v) is 9.84. The van der Waals surface area contributed by atoms with E-state index in [0.29, 0.717) is 22.5 Å². The number of anilines is 1. The quantitative estimate of drug-likeness (QED) is 0.425. The Balaban J connectivity index is 1.10. The number of carbonyl (C=O) groups excluding carboxylic acids is 1. The van der Waals surface area contributed by atoms with Gasteiger partial charge in [0.25, 0.3) is 5.91 Å². The van der Waals surface area contributed by atoms with Crippen LogP contribution in [0.25, 0.3) is 5.69 Å². The summed E-state index contributed by atoms with van der Waals surface area (Å²) in [7, 11) is 0. The molecule has 11 heteroatoms. The first-order chi connectivity index (χ1) is 17.0. The number of hydrogen-bond acceptors (Lipinski definition) is 7. The van der Waals surface area contributed by atoms with Crippen LogP contribution < -0.4 is 10.2 Å². The van der Waals surface area contributed by atoms with E-state index in [9.17, 15) is 4.79 Å². The van der Waals surface area contributed by atoms with Crippen LogP contribution >= 0.6 is 11.6 Å². The second-order valence-electron chi connectivity index (χ2n) is 9.41. The van der Waals surface area contributed by atoms with Crippen molar-refractivity contribution in [2.24, 2.45) is 5.41 Å². The maximum atomic E-state index is 12.8. The molecule has 4 aromatic rings. The predicted molar refractivity (Wildman–Crippen MR) is 130 cm³/mol. The zero-order chi connectivity index (χ0) is 24.0. The maximum Gasteiger partial charge on any atom is 0.254 e. The van der Waals surface area contributed by atoms with E-state index in [1.54, 1.807) is 29.2 Å². The molecule has 2 aliphatic rings. The van der Waals surface area contributed by atoms with E-state index in [1.807, 2.05) is 13.0 Å². The van der Waals surface area contributed by atoms with Crippen LogP contribution in [0.2, 0.25) is 5.02 Å². The molecule has 2 fully saturated rings. The summed E-state index contributed by atoms with van der Waals surface area (Å²) in [6.45, 7) is 5.09. The number of aromatic nitrogens is 7. The number of amides is 1. The Kier molecular flexibility index (Phi) is 5.25. The van der Waals surface area contributed by atoms with Gasteiger partial charge in [0.2, 0.25) is 0 Å². The Bertz CT molecular complexity index is 1390. The van der Waals surface area contributed by atoms with Crippen LogP contribution in [0.5, 0.6) is 0 Å². The van der Waals surface area contributed by atoms with Crippen molar-refractivity contribution in [2.45, 2.75) is 32.9 Å². The summed E-state index contributed by atoms with van der Waals surface area (Å²) in [6, 6.07) is 9.54. The fourth-order valence-corrected chi connectivity index (χ4v) is 4.74. The summed E-state index contributed by atoms with van der Waals surface area (Å²) < 4.78 is 3.29. The van der Waals surface area contributed by atoms with Crippen LogP contribution in [0.4, 0.5) is 5.82 Å². The number of hydrogen-bond donors (Lipinski definition) is 1. The SMILES string of the molecule is Cc1nc(N2CC3(CC3)C2)ccc1Cn1cc(C(=O)NCc2cc(Cl)ccc2-n2cnnn2)cn1. The van der Waals surface area contributed by atoms with Crippen molar-refractivity contribution in [2.75, 3.05) is 18.0 Å². The molecule has 1 aromatic carbocycles. The van der Waals surface area contributed by atoms with Crippen molar-refractivity contribution in [3.63, 3.8) is 0 Å². The molecule has 1 aliphatic heterocycles. The molecular formula is C24H24ClN9O. The van der Waals surface area contributed by atoms with Crippen LogP contribution in [0.1, 0.15) is 40.0 Å². The number of pyridine rings is 1. The van der Waals surface area contributed by atoms with E-state index in [-0.39, 0.29) is 12.5 Å². The van der Waals surface area contributed by atoms with Gasteiger partial charge in [0, 0.05) is 42.0 Å². The average Bonchev–Trinajstić information content (AvgIpc) is 3.21. The molecule has 1 aliphatic carbocycles. The number of halogens is 1. The number of nitrogens with zero attached hydrogens (tertiary/aromatic N) is 8. The predicted octanol–water partition coefficient (Wildman–Crippen LogP) is 2.79. The topological polar surface area (TPSA) is 107 Å². The first-order valence-corrected chi connectivity index (χ1v) is 11.9. The zero-order valence-electron chi connectivity index (χ0n) is 19.2. The van der Waals surface area contributed by atoms with Gasteiger partial charge in [-0.3, -0.25) is 9.48 Å². The normalized spacial score (nSPS) is 15.8. The van der Waals surface area contributed by atoms with Gasteiger partial charge in [0.1, 0.15) is 12.1 Å². The molecule has 0 radical (unpaired) electrons. The van der Waals surface area contributed by atoms with Gasteiger partial charge in [-0.2, -0.15) is 5.10 Å². The number of carbonyl (C=O) groups is 1. The number of aryl methyl sites for hydroxylation is 1.